The third-order valence-electron chi connectivity index (χ3n) is 6.08. The maximum Gasteiger partial charge on any atom is 0.326 e. The fraction of sp³-hybridized carbons (Fsp3) is 0.560. The number of carboxylic acids is 1. The van der Waals surface area contributed by atoms with E-state index in [2.05, 4.69) is 48.4 Å². The number of aliphatic carboxylic acids is 1. The Bertz CT molecular complexity index is 1000. The quantitative estimate of drug-likeness (QED) is 0.437. The van der Waals surface area contributed by atoms with Gasteiger partial charge in [-0.1, -0.05) is 38.9 Å². The van der Waals surface area contributed by atoms with E-state index in [1.165, 1.54) is 0 Å². The minimum absolute atomic E-state index is 0.0146. The van der Waals surface area contributed by atoms with Gasteiger partial charge in [0.25, 0.3) is 0 Å². The summed E-state index contributed by atoms with van der Waals surface area (Å²) in [7, 11) is 0. The first-order valence-corrected chi connectivity index (χ1v) is 11.9. The van der Waals surface area contributed by atoms with E-state index in [9.17, 15) is 14.7 Å². The Morgan fingerprint density at radius 2 is 1.82 bits per heavy atom. The molecule has 0 spiro atoms. The van der Waals surface area contributed by atoms with E-state index in [1.807, 2.05) is 18.2 Å². The molecule has 1 aromatic heterocycles. The summed E-state index contributed by atoms with van der Waals surface area (Å²) in [6.07, 6.45) is 2.84. The number of anilines is 3. The average Bonchev–Trinajstić information content (AvgIpc) is 3.64. The van der Waals surface area contributed by atoms with Gasteiger partial charge in [-0.15, -0.1) is 0 Å². The molecule has 0 bridgehead atoms. The van der Waals surface area contributed by atoms with Gasteiger partial charge in [0.1, 0.15) is 0 Å². The van der Waals surface area contributed by atoms with E-state index in [4.69, 9.17) is 4.52 Å². The number of hydrogen-bond acceptors (Lipinski definition) is 5. The fourth-order valence-corrected chi connectivity index (χ4v) is 4.33. The first-order valence-electron chi connectivity index (χ1n) is 11.9. The molecule has 2 fully saturated rings. The summed E-state index contributed by atoms with van der Waals surface area (Å²) in [6.45, 7) is 10.4. The lowest BCUT2D eigenvalue weighted by molar-refractivity contribution is -0.138. The first kappa shape index (κ1) is 23.1. The molecule has 8 nitrogen and oxygen atoms in total. The fourth-order valence-electron chi connectivity index (χ4n) is 4.33. The monoisotopic (exact) mass is 454 g/mol. The summed E-state index contributed by atoms with van der Waals surface area (Å²) in [5.41, 5.74) is 3.41. The van der Waals surface area contributed by atoms with Gasteiger partial charge in [0.05, 0.1) is 23.0 Å². The van der Waals surface area contributed by atoms with Crippen LogP contribution in [0.1, 0.15) is 70.1 Å². The van der Waals surface area contributed by atoms with E-state index >= 15 is 0 Å². The van der Waals surface area contributed by atoms with Crippen molar-refractivity contribution in [2.24, 2.45) is 17.8 Å². The molecule has 2 atom stereocenters. The van der Waals surface area contributed by atoms with Crippen LogP contribution in [-0.2, 0) is 4.79 Å². The number of rotatable bonds is 10. The van der Waals surface area contributed by atoms with Crippen LogP contribution < -0.4 is 15.5 Å². The number of aromatic nitrogens is 1. The van der Waals surface area contributed by atoms with Crippen molar-refractivity contribution in [3.05, 3.63) is 35.5 Å². The predicted octanol–water partition coefficient (Wildman–Crippen LogP) is 5.50. The van der Waals surface area contributed by atoms with Crippen LogP contribution in [0.3, 0.4) is 0 Å². The zero-order chi connectivity index (χ0) is 23.7. The maximum atomic E-state index is 12.8. The van der Waals surface area contributed by atoms with E-state index in [0.717, 1.165) is 42.9 Å². The molecular formula is C25H34N4O4. The molecule has 2 amide bonds. The third-order valence-corrected chi connectivity index (χ3v) is 6.08. The summed E-state index contributed by atoms with van der Waals surface area (Å²) in [5.74, 6) is 0.516. The zero-order valence-electron chi connectivity index (χ0n) is 19.8. The van der Waals surface area contributed by atoms with Gasteiger partial charge in [-0.3, -0.25) is 10.1 Å². The molecule has 0 unspecified atom stereocenters. The van der Waals surface area contributed by atoms with E-state index < -0.39 is 12.0 Å². The average molecular weight is 455 g/mol. The largest absolute Gasteiger partial charge is 0.481 e. The zero-order valence-corrected chi connectivity index (χ0v) is 19.8. The normalized spacial score (nSPS) is 19.6. The standard InChI is InChI=1S/C25H34N4O4/c1-14(2)12-29(13-15(3)4)22-8-7-17(18-10-19(18)24(30)31)9-21(22)26-25(32)27-23-11-20(28-33-23)16-5-6-16/h7-9,11,14-16,18-19H,5-6,10,12-13H2,1-4H3,(H,30,31)(H2,26,27,32)/t18-,19-/m1/s1. The van der Waals surface area contributed by atoms with E-state index in [-0.39, 0.29) is 11.8 Å². The van der Waals surface area contributed by atoms with Gasteiger partial charge in [0.2, 0.25) is 5.88 Å². The second-order valence-electron chi connectivity index (χ2n) is 10.2. The summed E-state index contributed by atoms with van der Waals surface area (Å²) in [6, 6.07) is 7.29. The molecule has 178 valence electrons. The highest BCUT2D eigenvalue weighted by atomic mass is 16.5. The Morgan fingerprint density at radius 3 is 2.39 bits per heavy atom. The Hall–Kier alpha value is -3.03. The molecule has 0 radical (unpaired) electrons. The van der Waals surface area contributed by atoms with Gasteiger partial charge in [0, 0.05) is 25.1 Å². The summed E-state index contributed by atoms with van der Waals surface area (Å²) >= 11 is 0. The lowest BCUT2D eigenvalue weighted by atomic mass is 10.0. The number of nitrogens with zero attached hydrogens (tertiary/aromatic N) is 2. The van der Waals surface area contributed by atoms with Gasteiger partial charge in [-0.25, -0.2) is 4.79 Å². The van der Waals surface area contributed by atoms with E-state index in [1.54, 1.807) is 6.07 Å². The highest BCUT2D eigenvalue weighted by Crippen LogP contribution is 2.49. The molecule has 2 saturated carbocycles. The number of nitrogens with one attached hydrogen (secondary N) is 2. The van der Waals surface area contributed by atoms with Gasteiger partial charge in [-0.05, 0) is 54.7 Å². The maximum absolute atomic E-state index is 12.8. The number of urea groups is 1. The summed E-state index contributed by atoms with van der Waals surface area (Å²) < 4.78 is 5.27. The van der Waals surface area contributed by atoms with Crippen molar-refractivity contribution in [1.82, 2.24) is 5.16 Å². The Kier molecular flexibility index (Phi) is 6.63. The van der Waals surface area contributed by atoms with Gasteiger partial charge in [0.15, 0.2) is 0 Å². The smallest absolute Gasteiger partial charge is 0.326 e. The van der Waals surface area contributed by atoms with Gasteiger partial charge < -0.3 is 19.8 Å². The molecule has 0 aliphatic heterocycles. The summed E-state index contributed by atoms with van der Waals surface area (Å²) in [5, 5.41) is 19.1. The molecule has 3 N–H and O–H groups in total. The van der Waals surface area contributed by atoms with Crippen molar-refractivity contribution in [3.63, 3.8) is 0 Å². The van der Waals surface area contributed by atoms with Gasteiger partial charge in [-0.2, -0.15) is 0 Å². The minimum atomic E-state index is -0.769. The molecule has 33 heavy (non-hydrogen) atoms. The van der Waals surface area contributed by atoms with Crippen LogP contribution in [0.5, 0.6) is 0 Å². The van der Waals surface area contributed by atoms with Crippen LogP contribution in [0.2, 0.25) is 0 Å². The second-order valence-corrected chi connectivity index (χ2v) is 10.2. The summed E-state index contributed by atoms with van der Waals surface area (Å²) in [4.78, 5) is 26.5. The van der Waals surface area contributed by atoms with Crippen molar-refractivity contribution in [3.8, 4) is 0 Å². The van der Waals surface area contributed by atoms with E-state index in [0.29, 0.717) is 35.7 Å². The Balaban J connectivity index is 1.57. The third kappa shape index (κ3) is 5.86. The second kappa shape index (κ2) is 9.45. The lowest BCUT2D eigenvalue weighted by Crippen LogP contribution is -2.32. The molecule has 1 aromatic carbocycles. The molecule has 0 saturated heterocycles. The number of benzene rings is 1. The predicted molar refractivity (Wildman–Crippen MR) is 128 cm³/mol. The van der Waals surface area contributed by atoms with Crippen molar-refractivity contribution >= 4 is 29.3 Å². The van der Waals surface area contributed by atoms with Gasteiger partial charge >= 0.3 is 12.0 Å². The van der Waals surface area contributed by atoms with Crippen molar-refractivity contribution < 1.29 is 19.2 Å². The van der Waals surface area contributed by atoms with Crippen LogP contribution in [-0.4, -0.2) is 35.4 Å². The number of carbonyl (C=O) groups is 2. The van der Waals surface area contributed by atoms with Crippen LogP contribution in [0.15, 0.2) is 28.8 Å². The topological polar surface area (TPSA) is 108 Å². The van der Waals surface area contributed by atoms with Crippen molar-refractivity contribution in [1.29, 1.82) is 0 Å². The first-order chi connectivity index (χ1) is 15.7. The van der Waals surface area contributed by atoms with Crippen LogP contribution >= 0.6 is 0 Å². The van der Waals surface area contributed by atoms with Crippen molar-refractivity contribution in [2.75, 3.05) is 28.6 Å². The number of hydrogen-bond donors (Lipinski definition) is 3. The molecular weight excluding hydrogens is 420 g/mol. The molecule has 4 rings (SSSR count). The number of carboxylic acid groups (broad SMARTS) is 1. The Labute approximate surface area is 194 Å². The van der Waals surface area contributed by atoms with Crippen molar-refractivity contribution in [2.45, 2.75) is 58.8 Å². The lowest BCUT2D eigenvalue weighted by Gasteiger charge is -2.30. The highest BCUT2D eigenvalue weighted by Gasteiger charge is 2.44. The number of amides is 2. The SMILES string of the molecule is CC(C)CN(CC(C)C)c1ccc([C@H]2C[C@H]2C(=O)O)cc1NC(=O)Nc1cc(C2CC2)no1. The molecule has 8 heteroatoms. The highest BCUT2D eigenvalue weighted by molar-refractivity contribution is 6.01. The molecule has 2 aliphatic rings. The van der Waals surface area contributed by atoms with Crippen LogP contribution in [0.4, 0.5) is 22.1 Å². The molecule has 2 aliphatic carbocycles. The number of carbonyl (C=O) groups excluding carboxylic acids is 1. The Morgan fingerprint density at radius 1 is 1.12 bits per heavy atom. The molecule has 2 aromatic rings. The van der Waals surface area contributed by atoms with Crippen LogP contribution in [0.25, 0.3) is 0 Å². The minimum Gasteiger partial charge on any atom is -0.481 e. The van der Waals surface area contributed by atoms with Crippen LogP contribution in [0, 0.1) is 17.8 Å². The molecule has 1 heterocycles.